The molecule has 2 N–H and O–H groups in total. The second kappa shape index (κ2) is 7.43. The molecule has 1 heterocycles. The van der Waals surface area contributed by atoms with Crippen LogP contribution in [0.1, 0.15) is 44.6 Å². The average Bonchev–Trinajstić information content (AvgIpc) is 2.55. The van der Waals surface area contributed by atoms with Crippen LogP contribution < -0.4 is 5.73 Å². The van der Waals surface area contributed by atoms with Crippen LogP contribution in [0.5, 0.6) is 0 Å². The molecular formula is C18H26N2O2. The van der Waals surface area contributed by atoms with Gasteiger partial charge < -0.3 is 10.6 Å². The third-order valence-electron chi connectivity index (χ3n) is 4.97. The Morgan fingerprint density at radius 3 is 2.36 bits per heavy atom. The van der Waals surface area contributed by atoms with Crippen LogP contribution >= 0.6 is 0 Å². The van der Waals surface area contributed by atoms with Crippen LogP contribution in [0, 0.1) is 5.41 Å². The van der Waals surface area contributed by atoms with Crippen molar-refractivity contribution in [1.82, 2.24) is 4.90 Å². The Bertz CT molecular complexity index is 505. The highest BCUT2D eigenvalue weighted by atomic mass is 16.2. The number of carbonyl (C=O) groups excluding carboxylic acids is 2. The Morgan fingerprint density at radius 2 is 1.82 bits per heavy atom. The van der Waals surface area contributed by atoms with E-state index in [0.29, 0.717) is 32.4 Å². The van der Waals surface area contributed by atoms with E-state index in [-0.39, 0.29) is 11.8 Å². The van der Waals surface area contributed by atoms with Crippen molar-refractivity contribution in [2.75, 3.05) is 13.1 Å². The van der Waals surface area contributed by atoms with E-state index < -0.39 is 5.41 Å². The van der Waals surface area contributed by atoms with Crippen LogP contribution in [0.2, 0.25) is 0 Å². The quantitative estimate of drug-likeness (QED) is 0.877. The van der Waals surface area contributed by atoms with Crippen LogP contribution in [0.3, 0.4) is 0 Å². The normalized spacial score (nSPS) is 17.2. The molecule has 22 heavy (non-hydrogen) atoms. The second-order valence-electron chi connectivity index (χ2n) is 6.22. The first-order valence-electron chi connectivity index (χ1n) is 8.19. The summed E-state index contributed by atoms with van der Waals surface area (Å²) in [5.41, 5.74) is 6.41. The highest BCUT2D eigenvalue weighted by molar-refractivity contribution is 5.82. The van der Waals surface area contributed by atoms with E-state index in [9.17, 15) is 9.59 Å². The van der Waals surface area contributed by atoms with E-state index in [1.165, 1.54) is 5.56 Å². The minimum absolute atomic E-state index is 0.199. The lowest BCUT2D eigenvalue weighted by atomic mass is 9.75. The molecule has 2 amide bonds. The first kappa shape index (κ1) is 16.5. The van der Waals surface area contributed by atoms with Gasteiger partial charge >= 0.3 is 0 Å². The van der Waals surface area contributed by atoms with E-state index in [4.69, 9.17) is 5.73 Å². The summed E-state index contributed by atoms with van der Waals surface area (Å²) in [5, 5.41) is 0. The van der Waals surface area contributed by atoms with Gasteiger partial charge in [-0.3, -0.25) is 9.59 Å². The molecule has 1 aromatic rings. The van der Waals surface area contributed by atoms with Gasteiger partial charge in [-0.05, 0) is 37.7 Å². The summed E-state index contributed by atoms with van der Waals surface area (Å²) in [6.45, 7) is 3.31. The summed E-state index contributed by atoms with van der Waals surface area (Å²) in [4.78, 5) is 25.8. The van der Waals surface area contributed by atoms with Gasteiger partial charge in [0, 0.05) is 19.5 Å². The molecule has 0 aliphatic carbocycles. The molecule has 0 radical (unpaired) electrons. The predicted molar refractivity (Wildman–Crippen MR) is 87.1 cm³/mol. The van der Waals surface area contributed by atoms with Crippen molar-refractivity contribution >= 4 is 11.8 Å². The monoisotopic (exact) mass is 302 g/mol. The molecule has 0 aromatic heterocycles. The maximum Gasteiger partial charge on any atom is 0.223 e. The fourth-order valence-corrected chi connectivity index (χ4v) is 3.20. The summed E-state index contributed by atoms with van der Waals surface area (Å²) >= 11 is 0. The molecule has 0 unspecified atom stereocenters. The van der Waals surface area contributed by atoms with Gasteiger partial charge in [0.05, 0.1) is 5.41 Å². The summed E-state index contributed by atoms with van der Waals surface area (Å²) in [6, 6.07) is 10.2. The summed E-state index contributed by atoms with van der Waals surface area (Å²) in [6.07, 6.45) is 4.53. The summed E-state index contributed by atoms with van der Waals surface area (Å²) in [5.74, 6) is -0.0173. The number of carbonyl (C=O) groups is 2. The van der Waals surface area contributed by atoms with Crippen molar-refractivity contribution in [3.8, 4) is 0 Å². The molecule has 0 atom stereocenters. The number of hydrogen-bond donors (Lipinski definition) is 1. The number of nitrogens with two attached hydrogens (primary N) is 1. The van der Waals surface area contributed by atoms with Gasteiger partial charge in [0.2, 0.25) is 11.8 Å². The molecule has 4 heteroatoms. The number of hydrogen-bond acceptors (Lipinski definition) is 2. The molecule has 2 rings (SSSR count). The minimum Gasteiger partial charge on any atom is -0.369 e. The van der Waals surface area contributed by atoms with Crippen molar-refractivity contribution in [2.24, 2.45) is 11.1 Å². The summed E-state index contributed by atoms with van der Waals surface area (Å²) in [7, 11) is 0. The highest BCUT2D eigenvalue weighted by Crippen LogP contribution is 2.34. The third-order valence-corrected chi connectivity index (χ3v) is 4.97. The maximum atomic E-state index is 12.3. The number of primary amides is 1. The maximum absolute atomic E-state index is 12.3. The van der Waals surface area contributed by atoms with E-state index in [1.807, 2.05) is 30.0 Å². The van der Waals surface area contributed by atoms with E-state index >= 15 is 0 Å². The van der Waals surface area contributed by atoms with Gasteiger partial charge in [-0.15, -0.1) is 0 Å². The van der Waals surface area contributed by atoms with Gasteiger partial charge in [0.25, 0.3) is 0 Å². The molecule has 1 saturated heterocycles. The van der Waals surface area contributed by atoms with E-state index in [1.54, 1.807) is 0 Å². The molecule has 1 fully saturated rings. The Kier molecular flexibility index (Phi) is 5.58. The Labute approximate surface area is 132 Å². The molecule has 120 valence electrons. The Balaban J connectivity index is 1.77. The lowest BCUT2D eigenvalue weighted by Crippen LogP contribution is -2.48. The second-order valence-corrected chi connectivity index (χ2v) is 6.22. The van der Waals surface area contributed by atoms with Crippen LogP contribution in [-0.4, -0.2) is 29.8 Å². The number of benzene rings is 1. The lowest BCUT2D eigenvalue weighted by Gasteiger charge is -2.39. The number of rotatable bonds is 6. The predicted octanol–water partition coefficient (Wildman–Crippen LogP) is 2.51. The van der Waals surface area contributed by atoms with Crippen molar-refractivity contribution in [2.45, 2.75) is 45.4 Å². The van der Waals surface area contributed by atoms with Crippen molar-refractivity contribution in [1.29, 1.82) is 0 Å². The van der Waals surface area contributed by atoms with Gasteiger partial charge in [0.1, 0.15) is 0 Å². The zero-order valence-corrected chi connectivity index (χ0v) is 13.4. The largest absolute Gasteiger partial charge is 0.369 e. The SMILES string of the molecule is CCC1(C(N)=O)CCN(C(=O)CCCc2ccccc2)CC1. The van der Waals surface area contributed by atoms with Crippen LogP contribution in [0.15, 0.2) is 30.3 Å². The van der Waals surface area contributed by atoms with Crippen molar-refractivity contribution in [3.05, 3.63) is 35.9 Å². The number of piperidine rings is 1. The average molecular weight is 302 g/mol. The molecule has 1 aliphatic heterocycles. The van der Waals surface area contributed by atoms with Crippen LogP contribution in [0.4, 0.5) is 0 Å². The Morgan fingerprint density at radius 1 is 1.18 bits per heavy atom. The Hall–Kier alpha value is -1.84. The standard InChI is InChI=1S/C18H26N2O2/c1-2-18(17(19)22)11-13-20(14-12-18)16(21)10-6-9-15-7-4-3-5-8-15/h3-5,7-8H,2,6,9-14H2,1H3,(H2,19,22). The fourth-order valence-electron chi connectivity index (χ4n) is 3.20. The first-order valence-corrected chi connectivity index (χ1v) is 8.19. The lowest BCUT2D eigenvalue weighted by molar-refractivity contribution is -0.139. The summed E-state index contributed by atoms with van der Waals surface area (Å²) < 4.78 is 0. The van der Waals surface area contributed by atoms with Crippen molar-refractivity contribution in [3.63, 3.8) is 0 Å². The van der Waals surface area contributed by atoms with Crippen LogP contribution in [0.25, 0.3) is 0 Å². The molecule has 1 aliphatic rings. The number of likely N-dealkylation sites (tertiary alicyclic amines) is 1. The molecule has 1 aromatic carbocycles. The molecule has 0 bridgehead atoms. The topological polar surface area (TPSA) is 63.4 Å². The van der Waals surface area contributed by atoms with Gasteiger partial charge in [-0.1, -0.05) is 37.3 Å². The van der Waals surface area contributed by atoms with E-state index in [2.05, 4.69) is 12.1 Å². The zero-order valence-electron chi connectivity index (χ0n) is 13.4. The first-order chi connectivity index (χ1) is 10.6. The molecule has 4 nitrogen and oxygen atoms in total. The number of aryl methyl sites for hydroxylation is 1. The van der Waals surface area contributed by atoms with E-state index in [0.717, 1.165) is 19.3 Å². The number of nitrogens with zero attached hydrogens (tertiary/aromatic N) is 1. The molecular weight excluding hydrogens is 276 g/mol. The highest BCUT2D eigenvalue weighted by Gasteiger charge is 2.38. The van der Waals surface area contributed by atoms with Gasteiger partial charge in [-0.2, -0.15) is 0 Å². The minimum atomic E-state index is -0.402. The number of amides is 2. The molecule has 0 saturated carbocycles. The van der Waals surface area contributed by atoms with Crippen molar-refractivity contribution < 1.29 is 9.59 Å². The fraction of sp³-hybridized carbons (Fsp3) is 0.556. The van der Waals surface area contributed by atoms with Gasteiger partial charge in [-0.25, -0.2) is 0 Å². The van der Waals surface area contributed by atoms with Gasteiger partial charge in [0.15, 0.2) is 0 Å². The molecule has 0 spiro atoms. The smallest absolute Gasteiger partial charge is 0.223 e. The zero-order chi connectivity index (χ0) is 16.0. The van der Waals surface area contributed by atoms with Crippen LogP contribution in [-0.2, 0) is 16.0 Å². The third kappa shape index (κ3) is 3.87.